The summed E-state index contributed by atoms with van der Waals surface area (Å²) in [6.07, 6.45) is -2.86. The molecule has 0 spiro atoms. The molecule has 1 heterocycles. The predicted octanol–water partition coefficient (Wildman–Crippen LogP) is 4.35. The van der Waals surface area contributed by atoms with Crippen molar-refractivity contribution in [3.05, 3.63) is 71.9 Å². The van der Waals surface area contributed by atoms with Crippen molar-refractivity contribution >= 4 is 11.6 Å². The van der Waals surface area contributed by atoms with E-state index in [1.54, 1.807) is 36.5 Å². The number of carbonyl (C=O) groups excluding carboxylic acids is 1. The maximum atomic E-state index is 12.7. The van der Waals surface area contributed by atoms with Crippen LogP contribution in [-0.2, 0) is 6.18 Å². The van der Waals surface area contributed by atoms with Crippen molar-refractivity contribution in [2.75, 3.05) is 5.32 Å². The molecule has 2 aromatic carbocycles. The van der Waals surface area contributed by atoms with E-state index in [4.69, 9.17) is 0 Å². The molecule has 0 atom stereocenters. The second-order valence-corrected chi connectivity index (χ2v) is 5.08. The monoisotopic (exact) mass is 331 g/mol. The van der Waals surface area contributed by atoms with Crippen LogP contribution in [0.15, 0.2) is 60.8 Å². The van der Waals surface area contributed by atoms with Crippen LogP contribution in [0, 0.1) is 0 Å². The molecule has 7 heteroatoms. The molecule has 0 radical (unpaired) electrons. The lowest BCUT2D eigenvalue weighted by atomic mass is 10.1. The highest BCUT2D eigenvalue weighted by atomic mass is 19.4. The largest absolute Gasteiger partial charge is 0.416 e. The number of aromatic amines is 1. The first-order chi connectivity index (χ1) is 11.4. The summed E-state index contributed by atoms with van der Waals surface area (Å²) in [6, 6.07) is 13.0. The Balaban J connectivity index is 1.75. The van der Waals surface area contributed by atoms with Gasteiger partial charge >= 0.3 is 6.18 Å². The predicted molar refractivity (Wildman–Crippen MR) is 83.4 cm³/mol. The van der Waals surface area contributed by atoms with Crippen LogP contribution in [0.5, 0.6) is 0 Å². The molecule has 0 aliphatic carbocycles. The number of amides is 1. The fourth-order valence-electron chi connectivity index (χ4n) is 2.19. The fourth-order valence-corrected chi connectivity index (χ4v) is 2.19. The van der Waals surface area contributed by atoms with Gasteiger partial charge in [0.1, 0.15) is 0 Å². The second kappa shape index (κ2) is 6.19. The molecule has 24 heavy (non-hydrogen) atoms. The molecule has 4 nitrogen and oxygen atoms in total. The average Bonchev–Trinajstić information content (AvgIpc) is 3.09. The number of hydrogen-bond acceptors (Lipinski definition) is 2. The number of hydrogen-bond donors (Lipinski definition) is 2. The molecular weight excluding hydrogens is 319 g/mol. The van der Waals surface area contributed by atoms with E-state index < -0.39 is 17.6 Å². The van der Waals surface area contributed by atoms with Gasteiger partial charge in [0.25, 0.3) is 5.91 Å². The topological polar surface area (TPSA) is 57.8 Å². The van der Waals surface area contributed by atoms with E-state index in [1.165, 1.54) is 12.1 Å². The minimum atomic E-state index is -4.48. The standard InChI is InChI=1S/C17H12F3N3O/c18-17(19,20)13-3-1-2-12(10-13)16(24)22-14-6-4-11(5-7-14)15-8-9-21-23-15/h1-10H,(H,21,23)(H,22,24). The summed E-state index contributed by atoms with van der Waals surface area (Å²) in [5.74, 6) is -0.601. The summed E-state index contributed by atoms with van der Waals surface area (Å²) in [6.45, 7) is 0. The van der Waals surface area contributed by atoms with Gasteiger partial charge in [-0.2, -0.15) is 18.3 Å². The number of H-pyrrole nitrogens is 1. The quantitative estimate of drug-likeness (QED) is 0.750. The minimum absolute atomic E-state index is 0.0533. The Morgan fingerprint density at radius 3 is 2.42 bits per heavy atom. The number of benzene rings is 2. The van der Waals surface area contributed by atoms with E-state index in [1.807, 2.05) is 0 Å². The maximum absolute atomic E-state index is 12.7. The molecule has 0 fully saturated rings. The van der Waals surface area contributed by atoms with Crippen molar-refractivity contribution in [1.82, 2.24) is 10.2 Å². The summed E-state index contributed by atoms with van der Waals surface area (Å²) in [5, 5.41) is 9.24. The number of halogens is 3. The molecule has 0 bridgehead atoms. The van der Waals surface area contributed by atoms with Gasteiger partial charge in [-0.1, -0.05) is 18.2 Å². The molecule has 0 aliphatic heterocycles. The van der Waals surface area contributed by atoms with Gasteiger partial charge in [-0.15, -0.1) is 0 Å². The number of alkyl halides is 3. The fraction of sp³-hybridized carbons (Fsp3) is 0.0588. The van der Waals surface area contributed by atoms with E-state index in [0.29, 0.717) is 5.69 Å². The first kappa shape index (κ1) is 15.8. The van der Waals surface area contributed by atoms with Crippen LogP contribution in [0.25, 0.3) is 11.3 Å². The van der Waals surface area contributed by atoms with Gasteiger partial charge < -0.3 is 5.32 Å². The van der Waals surface area contributed by atoms with Gasteiger partial charge in [0.2, 0.25) is 0 Å². The van der Waals surface area contributed by atoms with Crippen LogP contribution in [0.3, 0.4) is 0 Å². The lowest BCUT2D eigenvalue weighted by molar-refractivity contribution is -0.137. The molecule has 0 saturated heterocycles. The van der Waals surface area contributed by atoms with Gasteiger partial charge in [-0.25, -0.2) is 0 Å². The van der Waals surface area contributed by atoms with Gasteiger partial charge in [-0.05, 0) is 42.0 Å². The summed E-state index contributed by atoms with van der Waals surface area (Å²) < 4.78 is 38.1. The van der Waals surface area contributed by atoms with Crippen molar-refractivity contribution in [1.29, 1.82) is 0 Å². The number of rotatable bonds is 3. The van der Waals surface area contributed by atoms with Crippen LogP contribution in [0.2, 0.25) is 0 Å². The molecule has 3 aromatic rings. The summed E-state index contributed by atoms with van der Waals surface area (Å²) in [4.78, 5) is 12.1. The third kappa shape index (κ3) is 3.45. The Morgan fingerprint density at radius 1 is 1.04 bits per heavy atom. The average molecular weight is 331 g/mol. The van der Waals surface area contributed by atoms with Crippen molar-refractivity contribution in [3.63, 3.8) is 0 Å². The summed E-state index contributed by atoms with van der Waals surface area (Å²) in [5.41, 5.74) is 1.28. The minimum Gasteiger partial charge on any atom is -0.322 e. The molecule has 1 aromatic heterocycles. The van der Waals surface area contributed by atoms with Crippen LogP contribution in [0.4, 0.5) is 18.9 Å². The summed E-state index contributed by atoms with van der Waals surface area (Å²) >= 11 is 0. The third-order valence-corrected chi connectivity index (χ3v) is 3.41. The van der Waals surface area contributed by atoms with E-state index >= 15 is 0 Å². The molecule has 3 rings (SSSR count). The lowest BCUT2D eigenvalue weighted by Gasteiger charge is -2.09. The number of nitrogens with one attached hydrogen (secondary N) is 2. The molecule has 0 unspecified atom stereocenters. The maximum Gasteiger partial charge on any atom is 0.416 e. The van der Waals surface area contributed by atoms with Crippen LogP contribution in [-0.4, -0.2) is 16.1 Å². The zero-order chi connectivity index (χ0) is 17.2. The Labute approximate surface area is 135 Å². The highest BCUT2D eigenvalue weighted by molar-refractivity contribution is 6.04. The molecular formula is C17H12F3N3O. The van der Waals surface area contributed by atoms with Crippen molar-refractivity contribution in [2.45, 2.75) is 6.18 Å². The molecule has 122 valence electrons. The highest BCUT2D eigenvalue weighted by Gasteiger charge is 2.30. The number of nitrogens with zero attached hydrogens (tertiary/aromatic N) is 1. The zero-order valence-corrected chi connectivity index (χ0v) is 12.3. The smallest absolute Gasteiger partial charge is 0.322 e. The van der Waals surface area contributed by atoms with E-state index in [-0.39, 0.29) is 5.56 Å². The van der Waals surface area contributed by atoms with E-state index in [2.05, 4.69) is 15.5 Å². The molecule has 2 N–H and O–H groups in total. The second-order valence-electron chi connectivity index (χ2n) is 5.08. The van der Waals surface area contributed by atoms with E-state index in [9.17, 15) is 18.0 Å². The van der Waals surface area contributed by atoms with Crippen molar-refractivity contribution < 1.29 is 18.0 Å². The molecule has 1 amide bonds. The first-order valence-electron chi connectivity index (χ1n) is 7.02. The van der Waals surface area contributed by atoms with Gasteiger partial charge in [0.05, 0.1) is 11.3 Å². The van der Waals surface area contributed by atoms with Crippen molar-refractivity contribution in [2.24, 2.45) is 0 Å². The first-order valence-corrected chi connectivity index (χ1v) is 7.02. The number of anilines is 1. The Morgan fingerprint density at radius 2 is 1.79 bits per heavy atom. The van der Waals surface area contributed by atoms with E-state index in [0.717, 1.165) is 23.4 Å². The number of aromatic nitrogens is 2. The SMILES string of the molecule is O=C(Nc1ccc(-c2ccn[nH]2)cc1)c1cccc(C(F)(F)F)c1. The van der Waals surface area contributed by atoms with Crippen LogP contribution >= 0.6 is 0 Å². The number of carbonyl (C=O) groups is 1. The molecule has 0 saturated carbocycles. The Hall–Kier alpha value is -3.09. The lowest BCUT2D eigenvalue weighted by Crippen LogP contribution is -2.13. The van der Waals surface area contributed by atoms with Gasteiger partial charge in [0.15, 0.2) is 0 Å². The Kier molecular flexibility index (Phi) is 4.07. The zero-order valence-electron chi connectivity index (χ0n) is 12.3. The van der Waals surface area contributed by atoms with Crippen molar-refractivity contribution in [3.8, 4) is 11.3 Å². The highest BCUT2D eigenvalue weighted by Crippen LogP contribution is 2.29. The Bertz CT molecular complexity index is 840. The van der Waals surface area contributed by atoms with Crippen LogP contribution in [0.1, 0.15) is 15.9 Å². The third-order valence-electron chi connectivity index (χ3n) is 3.41. The summed E-state index contributed by atoms with van der Waals surface area (Å²) in [7, 11) is 0. The molecule has 0 aliphatic rings. The van der Waals surface area contributed by atoms with Gasteiger partial charge in [0, 0.05) is 17.4 Å². The van der Waals surface area contributed by atoms with Gasteiger partial charge in [-0.3, -0.25) is 9.89 Å². The normalized spacial score (nSPS) is 11.3. The van der Waals surface area contributed by atoms with Crippen LogP contribution < -0.4 is 5.32 Å².